The average molecular weight is 380 g/mol. The van der Waals surface area contributed by atoms with Crippen molar-refractivity contribution < 1.29 is 14.1 Å². The number of aryl methyl sites for hydroxylation is 1. The number of carbonyl (C=O) groups is 1. The van der Waals surface area contributed by atoms with Crippen molar-refractivity contribution in [3.05, 3.63) is 53.9 Å². The molecule has 146 valence electrons. The van der Waals surface area contributed by atoms with Gasteiger partial charge in [-0.2, -0.15) is 4.98 Å². The van der Waals surface area contributed by atoms with Gasteiger partial charge in [-0.3, -0.25) is 4.79 Å². The number of hydrogen-bond donors (Lipinski definition) is 2. The zero-order chi connectivity index (χ0) is 20.1. The van der Waals surface area contributed by atoms with Gasteiger partial charge in [0, 0.05) is 24.5 Å². The van der Waals surface area contributed by atoms with E-state index in [2.05, 4.69) is 41.4 Å². The summed E-state index contributed by atoms with van der Waals surface area (Å²) >= 11 is 0. The second-order valence-corrected chi connectivity index (χ2v) is 6.79. The molecule has 0 radical (unpaired) electrons. The first-order valence-corrected chi connectivity index (χ1v) is 9.12. The number of methoxy groups -OCH3 is 1. The molecule has 3 N–H and O–H groups in total. The maximum atomic E-state index is 12.2. The smallest absolute Gasteiger partial charge is 0.227 e. The van der Waals surface area contributed by atoms with Gasteiger partial charge in [-0.1, -0.05) is 43.3 Å². The molecule has 0 spiro atoms. The molecule has 0 saturated carbocycles. The molecule has 28 heavy (non-hydrogen) atoms. The molecule has 1 heterocycles. The number of anilines is 2. The fraction of sp³-hybridized carbons (Fsp3) is 0.286. The maximum absolute atomic E-state index is 12.2. The van der Waals surface area contributed by atoms with E-state index in [-0.39, 0.29) is 12.3 Å². The van der Waals surface area contributed by atoms with Crippen molar-refractivity contribution >= 4 is 17.3 Å². The first-order chi connectivity index (χ1) is 13.5. The molecule has 1 amide bonds. The Bertz CT molecular complexity index is 949. The monoisotopic (exact) mass is 380 g/mol. The second kappa shape index (κ2) is 8.56. The Hall–Kier alpha value is -3.35. The SMILES string of the molecule is COc1ccc(N)c(NC(=O)CCc2nc(-c3ccc(C(C)C)cc3)no2)c1. The van der Waals surface area contributed by atoms with E-state index in [9.17, 15) is 4.79 Å². The zero-order valence-corrected chi connectivity index (χ0v) is 16.2. The van der Waals surface area contributed by atoms with Gasteiger partial charge in [0.05, 0.1) is 18.5 Å². The summed E-state index contributed by atoms with van der Waals surface area (Å²) in [5.41, 5.74) is 9.00. The Morgan fingerprint density at radius 2 is 1.96 bits per heavy atom. The fourth-order valence-electron chi connectivity index (χ4n) is 2.69. The maximum Gasteiger partial charge on any atom is 0.227 e. The number of nitrogens with one attached hydrogen (secondary N) is 1. The molecule has 7 heteroatoms. The van der Waals surface area contributed by atoms with Crippen LogP contribution in [-0.4, -0.2) is 23.2 Å². The van der Waals surface area contributed by atoms with Crippen LogP contribution in [0.1, 0.15) is 37.6 Å². The lowest BCUT2D eigenvalue weighted by atomic mass is 10.0. The summed E-state index contributed by atoms with van der Waals surface area (Å²) in [5.74, 6) is 1.82. The number of nitrogens with zero attached hydrogens (tertiary/aromatic N) is 2. The molecular formula is C21H24N4O3. The predicted molar refractivity (Wildman–Crippen MR) is 108 cm³/mol. The molecule has 0 atom stereocenters. The Balaban J connectivity index is 1.59. The van der Waals surface area contributed by atoms with E-state index in [1.54, 1.807) is 25.3 Å². The van der Waals surface area contributed by atoms with Crippen LogP contribution in [0.3, 0.4) is 0 Å². The molecule has 0 aliphatic rings. The number of benzene rings is 2. The molecule has 7 nitrogen and oxygen atoms in total. The molecular weight excluding hydrogens is 356 g/mol. The van der Waals surface area contributed by atoms with Gasteiger partial charge in [-0.15, -0.1) is 0 Å². The lowest BCUT2D eigenvalue weighted by Gasteiger charge is -2.09. The summed E-state index contributed by atoms with van der Waals surface area (Å²) in [5, 5.41) is 6.78. The minimum Gasteiger partial charge on any atom is -0.497 e. The lowest BCUT2D eigenvalue weighted by molar-refractivity contribution is -0.116. The second-order valence-electron chi connectivity index (χ2n) is 6.79. The largest absolute Gasteiger partial charge is 0.497 e. The Kier molecular flexibility index (Phi) is 5.93. The van der Waals surface area contributed by atoms with E-state index in [0.717, 1.165) is 5.56 Å². The number of aromatic nitrogens is 2. The van der Waals surface area contributed by atoms with Crippen LogP contribution in [-0.2, 0) is 11.2 Å². The van der Waals surface area contributed by atoms with Gasteiger partial charge >= 0.3 is 0 Å². The zero-order valence-electron chi connectivity index (χ0n) is 16.2. The van der Waals surface area contributed by atoms with Gasteiger partial charge in [0.15, 0.2) is 0 Å². The van der Waals surface area contributed by atoms with E-state index >= 15 is 0 Å². The molecule has 3 aromatic rings. The average Bonchev–Trinajstić information content (AvgIpc) is 3.17. The highest BCUT2D eigenvalue weighted by Gasteiger charge is 2.12. The van der Waals surface area contributed by atoms with Gasteiger partial charge in [-0.25, -0.2) is 0 Å². The Morgan fingerprint density at radius 1 is 1.21 bits per heavy atom. The van der Waals surface area contributed by atoms with Crippen LogP contribution in [0.15, 0.2) is 47.0 Å². The minimum absolute atomic E-state index is 0.194. The fourth-order valence-corrected chi connectivity index (χ4v) is 2.69. The van der Waals surface area contributed by atoms with E-state index in [1.165, 1.54) is 5.56 Å². The molecule has 1 aromatic heterocycles. The van der Waals surface area contributed by atoms with Gasteiger partial charge in [0.1, 0.15) is 5.75 Å². The first kappa shape index (κ1) is 19.4. The van der Waals surface area contributed by atoms with Crippen molar-refractivity contribution in [2.45, 2.75) is 32.6 Å². The van der Waals surface area contributed by atoms with Crippen LogP contribution >= 0.6 is 0 Å². The highest BCUT2D eigenvalue weighted by atomic mass is 16.5. The number of carbonyl (C=O) groups excluding carboxylic acids is 1. The van der Waals surface area contributed by atoms with E-state index < -0.39 is 0 Å². The topological polar surface area (TPSA) is 103 Å². The third kappa shape index (κ3) is 4.68. The highest BCUT2D eigenvalue weighted by molar-refractivity contribution is 5.94. The molecule has 0 unspecified atom stereocenters. The number of nitrogens with two attached hydrogens (primary N) is 1. The van der Waals surface area contributed by atoms with Crippen molar-refractivity contribution in [2.75, 3.05) is 18.2 Å². The number of rotatable bonds is 7. The summed E-state index contributed by atoms with van der Waals surface area (Å²) in [7, 11) is 1.56. The lowest BCUT2D eigenvalue weighted by Crippen LogP contribution is -2.13. The van der Waals surface area contributed by atoms with Crippen LogP contribution in [0.5, 0.6) is 5.75 Å². The van der Waals surface area contributed by atoms with Gasteiger partial charge in [0.25, 0.3) is 0 Å². The molecule has 0 saturated heterocycles. The molecule has 2 aromatic carbocycles. The van der Waals surface area contributed by atoms with Crippen molar-refractivity contribution in [3.8, 4) is 17.1 Å². The summed E-state index contributed by atoms with van der Waals surface area (Å²) < 4.78 is 10.4. The third-order valence-corrected chi connectivity index (χ3v) is 4.40. The minimum atomic E-state index is -0.194. The van der Waals surface area contributed by atoms with Crippen LogP contribution < -0.4 is 15.8 Å². The van der Waals surface area contributed by atoms with E-state index in [1.807, 2.05) is 12.1 Å². The first-order valence-electron chi connectivity index (χ1n) is 9.12. The van der Waals surface area contributed by atoms with Gasteiger partial charge in [0.2, 0.25) is 17.6 Å². The van der Waals surface area contributed by atoms with E-state index in [0.29, 0.717) is 41.2 Å². The number of hydrogen-bond acceptors (Lipinski definition) is 6. The number of amides is 1. The molecule has 0 fully saturated rings. The van der Waals surface area contributed by atoms with E-state index in [4.69, 9.17) is 15.0 Å². The number of ether oxygens (including phenoxy) is 1. The Labute approximate surface area is 163 Å². The van der Waals surface area contributed by atoms with Gasteiger partial charge < -0.3 is 20.3 Å². The van der Waals surface area contributed by atoms with Crippen molar-refractivity contribution in [2.24, 2.45) is 0 Å². The van der Waals surface area contributed by atoms with Crippen LogP contribution in [0.4, 0.5) is 11.4 Å². The predicted octanol–water partition coefficient (Wildman–Crippen LogP) is 4.02. The molecule has 0 bridgehead atoms. The molecule has 3 rings (SSSR count). The number of nitrogen functional groups attached to an aromatic ring is 1. The van der Waals surface area contributed by atoms with Crippen molar-refractivity contribution in [1.29, 1.82) is 0 Å². The standard InChI is InChI=1S/C21H24N4O3/c1-13(2)14-4-6-15(7-5-14)21-24-20(28-25-21)11-10-19(26)23-18-12-16(27-3)8-9-17(18)22/h4-9,12-13H,10-11,22H2,1-3H3,(H,23,26). The normalized spacial score (nSPS) is 10.9. The quantitative estimate of drug-likeness (QED) is 0.600. The summed E-state index contributed by atoms with van der Waals surface area (Å²) in [6, 6.07) is 13.2. The van der Waals surface area contributed by atoms with Crippen LogP contribution in [0.25, 0.3) is 11.4 Å². The third-order valence-electron chi connectivity index (χ3n) is 4.40. The van der Waals surface area contributed by atoms with Crippen LogP contribution in [0, 0.1) is 0 Å². The molecule has 0 aliphatic heterocycles. The van der Waals surface area contributed by atoms with Crippen LogP contribution in [0.2, 0.25) is 0 Å². The van der Waals surface area contributed by atoms with Crippen molar-refractivity contribution in [1.82, 2.24) is 10.1 Å². The highest BCUT2D eigenvalue weighted by Crippen LogP contribution is 2.25. The van der Waals surface area contributed by atoms with Gasteiger partial charge in [-0.05, 0) is 23.6 Å². The summed E-state index contributed by atoms with van der Waals surface area (Å²) in [6.07, 6.45) is 0.539. The van der Waals surface area contributed by atoms with Crippen molar-refractivity contribution in [3.63, 3.8) is 0 Å². The summed E-state index contributed by atoms with van der Waals surface area (Å²) in [6.45, 7) is 4.29. The summed E-state index contributed by atoms with van der Waals surface area (Å²) in [4.78, 5) is 16.6. The molecule has 0 aliphatic carbocycles. The Morgan fingerprint density at radius 3 is 2.64 bits per heavy atom.